The van der Waals surface area contributed by atoms with Crippen molar-refractivity contribution in [3.8, 4) is 0 Å². The molecule has 92 valence electrons. The predicted molar refractivity (Wildman–Crippen MR) is 66.1 cm³/mol. The maximum Gasteiger partial charge on any atom is 0.244 e. The van der Waals surface area contributed by atoms with Gasteiger partial charge in [0.1, 0.15) is 0 Å². The fraction of sp³-hybridized carbons (Fsp3) is 0.154. The lowest BCUT2D eigenvalue weighted by Crippen LogP contribution is -2.42. The first-order valence-corrected chi connectivity index (χ1v) is 5.45. The van der Waals surface area contributed by atoms with E-state index in [1.807, 2.05) is 0 Å². The molecule has 2 rings (SSSR count). The van der Waals surface area contributed by atoms with Gasteiger partial charge in [0, 0.05) is 18.0 Å². The zero-order valence-electron chi connectivity index (χ0n) is 9.67. The molecule has 0 spiro atoms. The van der Waals surface area contributed by atoms with Gasteiger partial charge in [-0.3, -0.25) is 14.6 Å². The van der Waals surface area contributed by atoms with Gasteiger partial charge in [0.25, 0.3) is 0 Å². The van der Waals surface area contributed by atoms with E-state index in [2.05, 4.69) is 4.98 Å². The number of pyridine rings is 1. The molecular weight excluding hydrogens is 230 g/mol. The Balaban J connectivity index is 2.49. The van der Waals surface area contributed by atoms with Crippen molar-refractivity contribution in [2.75, 3.05) is 0 Å². The molecule has 1 aromatic rings. The van der Waals surface area contributed by atoms with E-state index in [1.54, 1.807) is 42.8 Å². The molecule has 0 saturated heterocycles. The highest BCUT2D eigenvalue weighted by Crippen LogP contribution is 2.34. The molecule has 4 N–H and O–H groups in total. The molecule has 1 aromatic heterocycles. The normalized spacial score (nSPS) is 22.3. The van der Waals surface area contributed by atoms with Crippen LogP contribution in [-0.2, 0) is 15.0 Å². The largest absolute Gasteiger partial charge is 0.369 e. The minimum absolute atomic E-state index is 0.167. The molecule has 1 aliphatic carbocycles. The Morgan fingerprint density at radius 3 is 2.67 bits per heavy atom. The molecule has 18 heavy (non-hydrogen) atoms. The van der Waals surface area contributed by atoms with Crippen LogP contribution in [-0.4, -0.2) is 16.8 Å². The Bertz CT molecular complexity index is 549. The van der Waals surface area contributed by atoms with Crippen molar-refractivity contribution in [3.05, 3.63) is 53.9 Å². The van der Waals surface area contributed by atoms with Crippen LogP contribution >= 0.6 is 0 Å². The van der Waals surface area contributed by atoms with Gasteiger partial charge in [-0.2, -0.15) is 0 Å². The van der Waals surface area contributed by atoms with E-state index in [1.165, 1.54) is 0 Å². The summed E-state index contributed by atoms with van der Waals surface area (Å²) in [5.74, 6) is -1.08. The number of hydrogen-bond donors (Lipinski definition) is 2. The van der Waals surface area contributed by atoms with Crippen LogP contribution in [0.15, 0.2) is 48.3 Å². The molecule has 1 unspecified atom stereocenters. The summed E-state index contributed by atoms with van der Waals surface area (Å²) in [6.45, 7) is 0. The number of carbonyl (C=O) groups is 2. The lowest BCUT2D eigenvalue weighted by Gasteiger charge is -2.30. The molecule has 0 radical (unpaired) electrons. The van der Waals surface area contributed by atoms with Gasteiger partial charge in [-0.25, -0.2) is 0 Å². The average Bonchev–Trinajstić information content (AvgIpc) is 2.39. The van der Waals surface area contributed by atoms with Crippen LogP contribution in [0.5, 0.6) is 0 Å². The molecule has 0 saturated carbocycles. The number of hydrogen-bond acceptors (Lipinski definition) is 3. The highest BCUT2D eigenvalue weighted by Gasteiger charge is 2.39. The molecule has 5 nitrogen and oxygen atoms in total. The summed E-state index contributed by atoms with van der Waals surface area (Å²) in [4.78, 5) is 27.0. The second-order valence-corrected chi connectivity index (χ2v) is 4.17. The summed E-state index contributed by atoms with van der Waals surface area (Å²) in [5, 5.41) is 0. The molecule has 5 heteroatoms. The van der Waals surface area contributed by atoms with E-state index in [9.17, 15) is 9.59 Å². The van der Waals surface area contributed by atoms with E-state index in [0.717, 1.165) is 0 Å². The van der Waals surface area contributed by atoms with Crippen molar-refractivity contribution in [3.63, 3.8) is 0 Å². The summed E-state index contributed by atoms with van der Waals surface area (Å²) >= 11 is 0. The number of primary amides is 2. The van der Waals surface area contributed by atoms with Crippen molar-refractivity contribution in [1.29, 1.82) is 0 Å². The van der Waals surface area contributed by atoms with Crippen LogP contribution in [0.1, 0.15) is 12.0 Å². The molecule has 0 fully saturated rings. The number of carbonyl (C=O) groups excluding carboxylic acids is 2. The first kappa shape index (κ1) is 12.0. The number of nitrogens with zero attached hydrogens (tertiary/aromatic N) is 1. The smallest absolute Gasteiger partial charge is 0.244 e. The van der Waals surface area contributed by atoms with Crippen LogP contribution in [0.4, 0.5) is 0 Å². The number of amides is 2. The second-order valence-electron chi connectivity index (χ2n) is 4.17. The lowest BCUT2D eigenvalue weighted by atomic mass is 9.73. The standard InChI is InChI=1S/C13H13N3O2/c14-11(17)9-3-1-5-13(7-9,12(15)18)10-4-2-6-16-8-10/h1-6,8H,7H2,(H2,14,17)(H2,15,18). The summed E-state index contributed by atoms with van der Waals surface area (Å²) in [7, 11) is 0. The average molecular weight is 243 g/mol. The van der Waals surface area contributed by atoms with Crippen LogP contribution in [0.25, 0.3) is 0 Å². The first-order valence-electron chi connectivity index (χ1n) is 5.45. The zero-order chi connectivity index (χ0) is 13.2. The molecule has 1 atom stereocenters. The molecule has 0 aromatic carbocycles. The summed E-state index contributed by atoms with van der Waals surface area (Å²) in [5.41, 5.74) is 10.7. The lowest BCUT2D eigenvalue weighted by molar-refractivity contribution is -0.122. The number of nitrogens with two attached hydrogens (primary N) is 2. The maximum atomic E-state index is 11.8. The number of aromatic nitrogens is 1. The van der Waals surface area contributed by atoms with Gasteiger partial charge in [-0.15, -0.1) is 0 Å². The number of allylic oxidation sites excluding steroid dienone is 2. The van der Waals surface area contributed by atoms with Gasteiger partial charge in [0.2, 0.25) is 11.8 Å². The third kappa shape index (κ3) is 1.90. The molecule has 1 aliphatic rings. The van der Waals surface area contributed by atoms with Crippen molar-refractivity contribution < 1.29 is 9.59 Å². The minimum Gasteiger partial charge on any atom is -0.369 e. The first-order chi connectivity index (χ1) is 8.56. The maximum absolute atomic E-state index is 11.8. The Labute approximate surface area is 104 Å². The third-order valence-corrected chi connectivity index (χ3v) is 3.08. The van der Waals surface area contributed by atoms with Gasteiger partial charge >= 0.3 is 0 Å². The van der Waals surface area contributed by atoms with Crippen LogP contribution < -0.4 is 11.5 Å². The Kier molecular flexibility index (Phi) is 2.97. The second kappa shape index (κ2) is 4.44. The van der Waals surface area contributed by atoms with Gasteiger partial charge in [-0.1, -0.05) is 24.3 Å². The van der Waals surface area contributed by atoms with Gasteiger partial charge < -0.3 is 11.5 Å². The Morgan fingerprint density at radius 2 is 2.11 bits per heavy atom. The van der Waals surface area contributed by atoms with Crippen LogP contribution in [0.3, 0.4) is 0 Å². The molecule has 1 heterocycles. The molecule has 0 aliphatic heterocycles. The summed E-state index contributed by atoms with van der Waals surface area (Å²) < 4.78 is 0. The Morgan fingerprint density at radius 1 is 1.33 bits per heavy atom. The summed E-state index contributed by atoms with van der Waals surface area (Å²) in [6.07, 6.45) is 8.24. The monoisotopic (exact) mass is 243 g/mol. The fourth-order valence-corrected chi connectivity index (χ4v) is 2.05. The van der Waals surface area contributed by atoms with Crippen LogP contribution in [0.2, 0.25) is 0 Å². The van der Waals surface area contributed by atoms with E-state index in [-0.39, 0.29) is 6.42 Å². The van der Waals surface area contributed by atoms with Gasteiger partial charge in [0.05, 0.1) is 5.41 Å². The number of rotatable bonds is 3. The zero-order valence-corrected chi connectivity index (χ0v) is 9.67. The van der Waals surface area contributed by atoms with Gasteiger partial charge in [-0.05, 0) is 18.1 Å². The minimum atomic E-state index is -1.05. The third-order valence-electron chi connectivity index (χ3n) is 3.08. The van der Waals surface area contributed by atoms with Crippen LogP contribution in [0, 0.1) is 0 Å². The molecule has 0 bridgehead atoms. The van der Waals surface area contributed by atoms with E-state index in [4.69, 9.17) is 11.5 Å². The predicted octanol–water partition coefficient (Wildman–Crippen LogP) is 0.176. The van der Waals surface area contributed by atoms with E-state index >= 15 is 0 Å². The molecule has 2 amide bonds. The van der Waals surface area contributed by atoms with Crippen molar-refractivity contribution in [2.24, 2.45) is 11.5 Å². The fourth-order valence-electron chi connectivity index (χ4n) is 2.05. The highest BCUT2D eigenvalue weighted by atomic mass is 16.1. The topological polar surface area (TPSA) is 99.1 Å². The quantitative estimate of drug-likeness (QED) is 0.791. The Hall–Kier alpha value is -2.43. The van der Waals surface area contributed by atoms with Crippen molar-refractivity contribution >= 4 is 11.8 Å². The highest BCUT2D eigenvalue weighted by molar-refractivity contribution is 5.97. The summed E-state index contributed by atoms with van der Waals surface area (Å²) in [6, 6.07) is 3.47. The van der Waals surface area contributed by atoms with Crippen molar-refractivity contribution in [1.82, 2.24) is 4.98 Å². The van der Waals surface area contributed by atoms with Gasteiger partial charge in [0.15, 0.2) is 0 Å². The van der Waals surface area contributed by atoms with E-state index in [0.29, 0.717) is 11.1 Å². The molecular formula is C13H13N3O2. The van der Waals surface area contributed by atoms with E-state index < -0.39 is 17.2 Å². The van der Waals surface area contributed by atoms with Crippen molar-refractivity contribution in [2.45, 2.75) is 11.8 Å². The SMILES string of the molecule is NC(=O)C1=CC=CC(C(N)=O)(c2cccnc2)C1.